The lowest BCUT2D eigenvalue weighted by atomic mass is 10.2. The molecule has 19 heavy (non-hydrogen) atoms. The van der Waals surface area contributed by atoms with Crippen molar-refractivity contribution in [3.05, 3.63) is 40.4 Å². The lowest BCUT2D eigenvalue weighted by molar-refractivity contribution is -0.140. The quantitative estimate of drug-likeness (QED) is 0.801. The molecule has 1 heterocycles. The number of ether oxygens (including phenoxy) is 1. The van der Waals surface area contributed by atoms with Crippen molar-refractivity contribution >= 4 is 17.3 Å². The first-order chi connectivity index (χ1) is 9.06. The number of nitrogens with zero attached hydrogens (tertiary/aromatic N) is 1. The Morgan fingerprint density at radius 3 is 2.58 bits per heavy atom. The van der Waals surface area contributed by atoms with Gasteiger partial charge in [0, 0.05) is 23.8 Å². The van der Waals surface area contributed by atoms with Crippen molar-refractivity contribution in [2.75, 3.05) is 6.61 Å². The van der Waals surface area contributed by atoms with Gasteiger partial charge in [0.2, 0.25) is 0 Å². The minimum Gasteiger partial charge on any atom is -0.465 e. The first kappa shape index (κ1) is 13.7. The molecule has 0 aliphatic heterocycles. The van der Waals surface area contributed by atoms with E-state index in [0.29, 0.717) is 6.61 Å². The van der Waals surface area contributed by atoms with Gasteiger partial charge in [-0.1, -0.05) is 29.8 Å². The van der Waals surface area contributed by atoms with Gasteiger partial charge in [0.15, 0.2) is 0 Å². The Labute approximate surface area is 117 Å². The Morgan fingerprint density at radius 2 is 1.95 bits per heavy atom. The van der Waals surface area contributed by atoms with Gasteiger partial charge in [-0.05, 0) is 13.8 Å². The number of aromatic nitrogens is 1. The summed E-state index contributed by atoms with van der Waals surface area (Å²) in [5.74, 6) is -0.235. The highest BCUT2D eigenvalue weighted by Crippen LogP contribution is 2.28. The van der Waals surface area contributed by atoms with E-state index >= 15 is 0 Å². The molecule has 0 saturated carbocycles. The highest BCUT2D eigenvalue weighted by molar-refractivity contribution is 7.15. The van der Waals surface area contributed by atoms with Crippen LogP contribution in [0.25, 0.3) is 10.6 Å². The van der Waals surface area contributed by atoms with Crippen molar-refractivity contribution in [3.8, 4) is 10.6 Å². The Kier molecular flexibility index (Phi) is 4.32. The molecule has 2 rings (SSSR count). The van der Waals surface area contributed by atoms with Gasteiger partial charge in [-0.25, -0.2) is 4.98 Å². The molecule has 0 saturated heterocycles. The normalized spacial score (nSPS) is 10.5. The second-order valence-electron chi connectivity index (χ2n) is 4.48. The van der Waals surface area contributed by atoms with Crippen LogP contribution in [0.5, 0.6) is 0 Å². The van der Waals surface area contributed by atoms with Crippen LogP contribution in [0, 0.1) is 13.8 Å². The smallest absolute Gasteiger partial charge is 0.302 e. The predicted octanol–water partition coefficient (Wildman–Crippen LogP) is 3.53. The molecule has 0 fully saturated rings. The molecule has 0 aliphatic rings. The van der Waals surface area contributed by atoms with Gasteiger partial charge in [-0.3, -0.25) is 4.79 Å². The average molecular weight is 275 g/mol. The van der Waals surface area contributed by atoms with E-state index in [1.807, 2.05) is 6.92 Å². The molecule has 3 nitrogen and oxygen atoms in total. The summed E-state index contributed by atoms with van der Waals surface area (Å²) in [4.78, 5) is 16.5. The lowest BCUT2D eigenvalue weighted by Gasteiger charge is -1.99. The number of thiazole rings is 1. The number of rotatable bonds is 4. The van der Waals surface area contributed by atoms with E-state index < -0.39 is 0 Å². The molecule has 0 atom stereocenters. The summed E-state index contributed by atoms with van der Waals surface area (Å²) < 4.78 is 4.97. The van der Waals surface area contributed by atoms with Crippen LogP contribution in [0.1, 0.15) is 23.1 Å². The third-order valence-electron chi connectivity index (χ3n) is 2.83. The molecule has 0 unspecified atom stereocenters. The SMILES string of the molecule is CC(=O)OCCc1sc(-c2ccc(C)cc2)nc1C. The number of carbonyl (C=O) groups is 1. The predicted molar refractivity (Wildman–Crippen MR) is 77.4 cm³/mol. The second-order valence-corrected chi connectivity index (χ2v) is 5.57. The Hall–Kier alpha value is -1.68. The first-order valence-electron chi connectivity index (χ1n) is 6.23. The molecule has 1 aromatic carbocycles. The van der Waals surface area contributed by atoms with Gasteiger partial charge in [0.25, 0.3) is 0 Å². The molecular formula is C15H17NO2S. The third-order valence-corrected chi connectivity index (χ3v) is 4.09. The van der Waals surface area contributed by atoms with Gasteiger partial charge >= 0.3 is 5.97 Å². The fraction of sp³-hybridized carbons (Fsp3) is 0.333. The minimum absolute atomic E-state index is 0.235. The number of carbonyl (C=O) groups excluding carboxylic acids is 1. The van der Waals surface area contributed by atoms with Crippen LogP contribution in [0.3, 0.4) is 0 Å². The standard InChI is InChI=1S/C15H17NO2S/c1-10-4-6-13(7-5-10)15-16-11(2)14(19-15)8-9-18-12(3)17/h4-7H,8-9H2,1-3H3. The van der Waals surface area contributed by atoms with Crippen molar-refractivity contribution in [3.63, 3.8) is 0 Å². The van der Waals surface area contributed by atoms with E-state index in [-0.39, 0.29) is 5.97 Å². The van der Waals surface area contributed by atoms with Crippen molar-refractivity contribution in [2.45, 2.75) is 27.2 Å². The molecule has 0 spiro atoms. The topological polar surface area (TPSA) is 39.2 Å². The Morgan fingerprint density at radius 1 is 1.26 bits per heavy atom. The van der Waals surface area contributed by atoms with Crippen molar-refractivity contribution in [1.82, 2.24) is 4.98 Å². The largest absolute Gasteiger partial charge is 0.465 e. The summed E-state index contributed by atoms with van der Waals surface area (Å²) in [7, 11) is 0. The second kappa shape index (κ2) is 5.97. The average Bonchev–Trinajstić information content (AvgIpc) is 2.71. The van der Waals surface area contributed by atoms with Crippen LogP contribution in [-0.2, 0) is 16.0 Å². The van der Waals surface area contributed by atoms with E-state index in [2.05, 4.69) is 36.2 Å². The fourth-order valence-corrected chi connectivity index (χ4v) is 2.82. The summed E-state index contributed by atoms with van der Waals surface area (Å²) in [6, 6.07) is 8.35. The number of hydrogen-bond acceptors (Lipinski definition) is 4. The zero-order valence-corrected chi connectivity index (χ0v) is 12.2. The maximum Gasteiger partial charge on any atom is 0.302 e. The number of benzene rings is 1. The summed E-state index contributed by atoms with van der Waals surface area (Å²) in [6.07, 6.45) is 0.731. The van der Waals surface area contributed by atoms with E-state index in [1.165, 1.54) is 17.4 Å². The van der Waals surface area contributed by atoms with E-state index in [1.54, 1.807) is 11.3 Å². The fourth-order valence-electron chi connectivity index (χ4n) is 1.77. The summed E-state index contributed by atoms with van der Waals surface area (Å²) in [5.41, 5.74) is 3.40. The number of esters is 1. The van der Waals surface area contributed by atoms with Crippen LogP contribution in [-0.4, -0.2) is 17.6 Å². The van der Waals surface area contributed by atoms with E-state index in [9.17, 15) is 4.79 Å². The molecule has 0 N–H and O–H groups in total. The van der Waals surface area contributed by atoms with Crippen molar-refractivity contribution in [1.29, 1.82) is 0 Å². The van der Waals surface area contributed by atoms with Gasteiger partial charge in [-0.15, -0.1) is 11.3 Å². The van der Waals surface area contributed by atoms with Crippen molar-refractivity contribution in [2.24, 2.45) is 0 Å². The molecule has 0 bridgehead atoms. The van der Waals surface area contributed by atoms with E-state index in [0.717, 1.165) is 22.7 Å². The Bertz CT molecular complexity index is 572. The third kappa shape index (κ3) is 3.64. The highest BCUT2D eigenvalue weighted by atomic mass is 32.1. The molecule has 0 radical (unpaired) electrons. The van der Waals surface area contributed by atoms with Gasteiger partial charge in [0.05, 0.1) is 12.3 Å². The molecule has 0 amide bonds. The zero-order valence-electron chi connectivity index (χ0n) is 11.4. The molecule has 100 valence electrons. The van der Waals surface area contributed by atoms with Crippen LogP contribution in [0.4, 0.5) is 0 Å². The molecule has 0 aliphatic carbocycles. The highest BCUT2D eigenvalue weighted by Gasteiger charge is 2.09. The molecule has 1 aromatic heterocycles. The van der Waals surface area contributed by atoms with Crippen LogP contribution in [0.15, 0.2) is 24.3 Å². The van der Waals surface area contributed by atoms with Gasteiger partial charge in [-0.2, -0.15) is 0 Å². The van der Waals surface area contributed by atoms with Crippen molar-refractivity contribution < 1.29 is 9.53 Å². The summed E-state index contributed by atoms with van der Waals surface area (Å²) in [6.45, 7) is 5.92. The molecule has 2 aromatic rings. The zero-order chi connectivity index (χ0) is 13.8. The van der Waals surface area contributed by atoms with Crippen LogP contribution >= 0.6 is 11.3 Å². The minimum atomic E-state index is -0.235. The number of aryl methyl sites for hydroxylation is 2. The summed E-state index contributed by atoms with van der Waals surface area (Å²) in [5, 5.41) is 1.02. The van der Waals surface area contributed by atoms with Gasteiger partial charge in [0.1, 0.15) is 5.01 Å². The monoisotopic (exact) mass is 275 g/mol. The summed E-state index contributed by atoms with van der Waals surface area (Å²) >= 11 is 1.67. The molecular weight excluding hydrogens is 258 g/mol. The van der Waals surface area contributed by atoms with Gasteiger partial charge < -0.3 is 4.74 Å². The lowest BCUT2D eigenvalue weighted by Crippen LogP contribution is -2.02. The first-order valence-corrected chi connectivity index (χ1v) is 7.04. The maximum absolute atomic E-state index is 10.7. The van der Waals surface area contributed by atoms with E-state index in [4.69, 9.17) is 4.74 Å². The molecule has 4 heteroatoms. The van der Waals surface area contributed by atoms with Crippen LogP contribution < -0.4 is 0 Å². The number of hydrogen-bond donors (Lipinski definition) is 0. The van der Waals surface area contributed by atoms with Crippen LogP contribution in [0.2, 0.25) is 0 Å². The Balaban J connectivity index is 2.12. The maximum atomic E-state index is 10.7.